The number of nitrogens with zero attached hydrogens (tertiary/aromatic N) is 1. The number of carbonyl (C=O) groups excluding carboxylic acids is 1. The van der Waals surface area contributed by atoms with Gasteiger partial charge in [-0.2, -0.15) is 5.26 Å². The van der Waals surface area contributed by atoms with E-state index >= 15 is 0 Å². The Hall–Kier alpha value is -1.82. The van der Waals surface area contributed by atoms with Crippen molar-refractivity contribution in [3.63, 3.8) is 0 Å². The average molecular weight is 271 g/mol. The van der Waals surface area contributed by atoms with Crippen molar-refractivity contribution in [3.05, 3.63) is 29.8 Å². The number of hydrogen-bond acceptors (Lipinski definition) is 3. The van der Waals surface area contributed by atoms with E-state index in [4.69, 9.17) is 4.74 Å². The van der Waals surface area contributed by atoms with Crippen LogP contribution in [0.5, 0.6) is 5.75 Å². The van der Waals surface area contributed by atoms with Crippen molar-refractivity contribution in [3.8, 4) is 11.8 Å². The highest BCUT2D eigenvalue weighted by Gasteiger charge is 2.30. The predicted molar refractivity (Wildman–Crippen MR) is 77.5 cm³/mol. The second-order valence-electron chi connectivity index (χ2n) is 5.69. The Balaban J connectivity index is 2.11. The van der Waals surface area contributed by atoms with Gasteiger partial charge in [-0.25, -0.2) is 0 Å². The number of hydrogen-bond donors (Lipinski definition) is 0. The third-order valence-electron chi connectivity index (χ3n) is 4.28. The van der Waals surface area contributed by atoms with E-state index in [9.17, 15) is 10.1 Å². The van der Waals surface area contributed by atoms with E-state index in [1.54, 1.807) is 19.2 Å². The molecule has 1 atom stereocenters. The van der Waals surface area contributed by atoms with Crippen LogP contribution in [0.2, 0.25) is 0 Å². The summed E-state index contributed by atoms with van der Waals surface area (Å²) in [6.07, 6.45) is 4.04. The summed E-state index contributed by atoms with van der Waals surface area (Å²) in [5.74, 6) is 0.951. The maximum absolute atomic E-state index is 12.5. The van der Waals surface area contributed by atoms with Gasteiger partial charge in [0.05, 0.1) is 13.2 Å². The van der Waals surface area contributed by atoms with E-state index < -0.39 is 5.92 Å². The summed E-state index contributed by atoms with van der Waals surface area (Å²) < 4.78 is 5.10. The third kappa shape index (κ3) is 3.19. The van der Waals surface area contributed by atoms with Gasteiger partial charge < -0.3 is 4.74 Å². The first kappa shape index (κ1) is 14.6. The van der Waals surface area contributed by atoms with Gasteiger partial charge >= 0.3 is 0 Å². The van der Waals surface area contributed by atoms with E-state index in [1.165, 1.54) is 0 Å². The molecule has 0 heterocycles. The molecule has 0 saturated heterocycles. The molecule has 0 bridgehead atoms. The quantitative estimate of drug-likeness (QED) is 0.839. The van der Waals surface area contributed by atoms with E-state index in [1.807, 2.05) is 12.1 Å². The van der Waals surface area contributed by atoms with Crippen LogP contribution < -0.4 is 4.74 Å². The summed E-state index contributed by atoms with van der Waals surface area (Å²) in [5.41, 5.74) is 0.775. The zero-order valence-corrected chi connectivity index (χ0v) is 12.1. The summed E-state index contributed by atoms with van der Waals surface area (Å²) in [4.78, 5) is 12.5. The molecule has 3 nitrogen and oxygen atoms in total. The summed E-state index contributed by atoms with van der Waals surface area (Å²) in [6, 6.07) is 9.41. The second-order valence-corrected chi connectivity index (χ2v) is 5.69. The number of carbonyl (C=O) groups is 1. The zero-order chi connectivity index (χ0) is 14.5. The van der Waals surface area contributed by atoms with Crippen molar-refractivity contribution in [2.45, 2.75) is 38.5 Å². The number of methoxy groups -OCH3 is 1. The van der Waals surface area contributed by atoms with Gasteiger partial charge in [-0.15, -0.1) is 0 Å². The van der Waals surface area contributed by atoms with Gasteiger partial charge in [0, 0.05) is 5.92 Å². The molecule has 0 amide bonds. The number of nitriles is 1. The highest BCUT2D eigenvalue weighted by molar-refractivity contribution is 5.90. The largest absolute Gasteiger partial charge is 0.497 e. The standard InChI is InChI=1S/C17H21NO2/c1-12-3-5-14(6-4-12)17(19)16(11-18)13-7-9-15(20-2)10-8-13/h7-10,12,14,16H,3-6H2,1-2H3. The normalized spacial score (nSPS) is 23.6. The van der Waals surface area contributed by atoms with Crippen LogP contribution in [-0.4, -0.2) is 12.9 Å². The van der Waals surface area contributed by atoms with E-state index in [-0.39, 0.29) is 11.7 Å². The van der Waals surface area contributed by atoms with Crippen molar-refractivity contribution < 1.29 is 9.53 Å². The maximum atomic E-state index is 12.5. The number of ether oxygens (including phenoxy) is 1. The summed E-state index contributed by atoms with van der Waals surface area (Å²) in [5, 5.41) is 9.36. The molecule has 1 aromatic rings. The maximum Gasteiger partial charge on any atom is 0.157 e. The van der Waals surface area contributed by atoms with Crippen LogP contribution in [0.15, 0.2) is 24.3 Å². The second kappa shape index (κ2) is 6.56. The van der Waals surface area contributed by atoms with Crippen molar-refractivity contribution >= 4 is 5.78 Å². The summed E-state index contributed by atoms with van der Waals surface area (Å²) in [7, 11) is 1.60. The summed E-state index contributed by atoms with van der Waals surface area (Å²) in [6.45, 7) is 2.23. The molecule has 1 saturated carbocycles. The Bertz CT molecular complexity index is 493. The zero-order valence-electron chi connectivity index (χ0n) is 12.1. The van der Waals surface area contributed by atoms with Crippen LogP contribution in [0, 0.1) is 23.2 Å². The molecule has 1 aliphatic rings. The van der Waals surface area contributed by atoms with Crippen molar-refractivity contribution in [2.75, 3.05) is 7.11 Å². The SMILES string of the molecule is COc1ccc(C(C#N)C(=O)C2CCC(C)CC2)cc1. The van der Waals surface area contributed by atoms with Crippen LogP contribution >= 0.6 is 0 Å². The van der Waals surface area contributed by atoms with Crippen LogP contribution in [0.3, 0.4) is 0 Å². The Kier molecular flexibility index (Phi) is 4.79. The van der Waals surface area contributed by atoms with Crippen molar-refractivity contribution in [2.24, 2.45) is 11.8 Å². The van der Waals surface area contributed by atoms with Gasteiger partial charge in [0.2, 0.25) is 0 Å². The fourth-order valence-corrected chi connectivity index (χ4v) is 2.88. The molecule has 2 rings (SSSR count). The van der Waals surface area contributed by atoms with E-state index in [0.717, 1.165) is 37.0 Å². The summed E-state index contributed by atoms with van der Waals surface area (Å²) >= 11 is 0. The fraction of sp³-hybridized carbons (Fsp3) is 0.529. The van der Waals surface area contributed by atoms with Crippen LogP contribution in [0.1, 0.15) is 44.1 Å². The minimum Gasteiger partial charge on any atom is -0.497 e. The lowest BCUT2D eigenvalue weighted by atomic mass is 9.77. The lowest BCUT2D eigenvalue weighted by molar-refractivity contribution is -0.124. The van der Waals surface area contributed by atoms with Gasteiger partial charge in [0.1, 0.15) is 11.7 Å². The molecule has 20 heavy (non-hydrogen) atoms. The van der Waals surface area contributed by atoms with E-state index in [0.29, 0.717) is 5.92 Å². The first-order valence-electron chi connectivity index (χ1n) is 7.23. The van der Waals surface area contributed by atoms with Crippen LogP contribution in [-0.2, 0) is 4.79 Å². The Labute approximate surface area is 120 Å². The lowest BCUT2D eigenvalue weighted by Gasteiger charge is -2.26. The first-order chi connectivity index (χ1) is 9.65. The molecule has 0 radical (unpaired) electrons. The minimum atomic E-state index is -0.640. The monoisotopic (exact) mass is 271 g/mol. The Morgan fingerprint density at radius 3 is 2.35 bits per heavy atom. The van der Waals surface area contributed by atoms with Crippen molar-refractivity contribution in [1.82, 2.24) is 0 Å². The highest BCUT2D eigenvalue weighted by atomic mass is 16.5. The molecule has 1 aliphatic carbocycles. The molecule has 1 unspecified atom stereocenters. The highest BCUT2D eigenvalue weighted by Crippen LogP contribution is 2.33. The smallest absolute Gasteiger partial charge is 0.157 e. The first-order valence-corrected chi connectivity index (χ1v) is 7.23. The number of rotatable bonds is 4. The number of ketones is 1. The van der Waals surface area contributed by atoms with Crippen LogP contribution in [0.25, 0.3) is 0 Å². The molecule has 0 N–H and O–H groups in total. The molecule has 1 fully saturated rings. The van der Waals surface area contributed by atoms with Gasteiger partial charge in [-0.05, 0) is 36.5 Å². The Morgan fingerprint density at radius 2 is 1.85 bits per heavy atom. The number of benzene rings is 1. The minimum absolute atomic E-state index is 0.0537. The molecular formula is C17H21NO2. The van der Waals surface area contributed by atoms with Crippen molar-refractivity contribution in [1.29, 1.82) is 5.26 Å². The molecule has 0 spiro atoms. The van der Waals surface area contributed by atoms with Gasteiger partial charge in [-0.3, -0.25) is 4.79 Å². The molecule has 1 aromatic carbocycles. The Morgan fingerprint density at radius 1 is 1.25 bits per heavy atom. The lowest BCUT2D eigenvalue weighted by Crippen LogP contribution is -2.25. The third-order valence-corrected chi connectivity index (χ3v) is 4.28. The predicted octanol–water partition coefficient (Wildman–Crippen LogP) is 3.70. The molecule has 3 heteroatoms. The van der Waals surface area contributed by atoms with Gasteiger partial charge in [0.15, 0.2) is 5.78 Å². The molecule has 0 aromatic heterocycles. The molecular weight excluding hydrogens is 250 g/mol. The van der Waals surface area contributed by atoms with Gasteiger partial charge in [0.25, 0.3) is 0 Å². The molecule has 106 valence electrons. The fourth-order valence-electron chi connectivity index (χ4n) is 2.88. The topological polar surface area (TPSA) is 50.1 Å². The average Bonchev–Trinajstić information content (AvgIpc) is 2.49. The van der Waals surface area contributed by atoms with Crippen LogP contribution in [0.4, 0.5) is 0 Å². The van der Waals surface area contributed by atoms with E-state index in [2.05, 4.69) is 13.0 Å². The van der Waals surface area contributed by atoms with Gasteiger partial charge in [-0.1, -0.05) is 31.9 Å². The number of Topliss-reactive ketones (excluding diaryl/α,β-unsaturated/α-hetero) is 1. The molecule has 0 aliphatic heterocycles.